The van der Waals surface area contributed by atoms with Gasteiger partial charge in [-0.15, -0.1) is 0 Å². The van der Waals surface area contributed by atoms with Crippen molar-refractivity contribution in [1.82, 2.24) is 5.43 Å². The number of nitrogens with one attached hydrogen (secondary N) is 1. The lowest BCUT2D eigenvalue weighted by Gasteiger charge is -2.30. The van der Waals surface area contributed by atoms with Crippen LogP contribution in [-0.4, -0.2) is 0 Å². The van der Waals surface area contributed by atoms with E-state index in [1.165, 1.54) is 67.2 Å². The fourth-order valence-corrected chi connectivity index (χ4v) is 3.62. The van der Waals surface area contributed by atoms with Gasteiger partial charge in [0.15, 0.2) is 0 Å². The molecule has 0 saturated heterocycles. The van der Waals surface area contributed by atoms with Crippen molar-refractivity contribution < 1.29 is 0 Å². The van der Waals surface area contributed by atoms with Crippen LogP contribution in [0.15, 0.2) is 12.1 Å². The van der Waals surface area contributed by atoms with Crippen molar-refractivity contribution in [3.63, 3.8) is 0 Å². The summed E-state index contributed by atoms with van der Waals surface area (Å²) in [6.45, 7) is 6.60. The Morgan fingerprint density at radius 3 is 2.05 bits per heavy atom. The molecule has 0 spiro atoms. The van der Waals surface area contributed by atoms with Crippen LogP contribution in [0.3, 0.4) is 0 Å². The van der Waals surface area contributed by atoms with E-state index in [9.17, 15) is 0 Å². The maximum absolute atomic E-state index is 5.93. The Kier molecular flexibility index (Phi) is 5.62. The van der Waals surface area contributed by atoms with Gasteiger partial charge in [-0.2, -0.15) is 0 Å². The first-order valence-electron chi connectivity index (χ1n) is 8.17. The van der Waals surface area contributed by atoms with E-state index in [4.69, 9.17) is 5.84 Å². The zero-order valence-electron chi connectivity index (χ0n) is 13.3. The number of benzene rings is 1. The summed E-state index contributed by atoms with van der Waals surface area (Å²) in [6.07, 6.45) is 9.51. The molecule has 1 fully saturated rings. The molecule has 2 heteroatoms. The van der Waals surface area contributed by atoms with E-state index < -0.39 is 0 Å². The predicted octanol–water partition coefficient (Wildman–Crippen LogP) is 4.48. The van der Waals surface area contributed by atoms with Gasteiger partial charge in [0.25, 0.3) is 0 Å². The molecule has 0 bridgehead atoms. The molecular weight excluding hydrogens is 244 g/mol. The minimum atomic E-state index is 0.312. The first-order valence-corrected chi connectivity index (χ1v) is 8.17. The highest BCUT2D eigenvalue weighted by Gasteiger charge is 2.24. The average Bonchev–Trinajstić information content (AvgIpc) is 2.38. The lowest BCUT2D eigenvalue weighted by molar-refractivity contribution is 0.290. The Morgan fingerprint density at radius 2 is 1.45 bits per heavy atom. The molecule has 112 valence electrons. The second-order valence-corrected chi connectivity index (χ2v) is 6.54. The van der Waals surface area contributed by atoms with Crippen molar-refractivity contribution in [3.05, 3.63) is 34.4 Å². The fourth-order valence-electron chi connectivity index (χ4n) is 3.62. The minimum Gasteiger partial charge on any atom is -0.271 e. The Labute approximate surface area is 124 Å². The Balaban J connectivity index is 2.24. The quantitative estimate of drug-likeness (QED) is 0.630. The van der Waals surface area contributed by atoms with Crippen molar-refractivity contribution in [3.8, 4) is 0 Å². The highest BCUT2D eigenvalue weighted by molar-refractivity contribution is 5.38. The third kappa shape index (κ3) is 3.62. The second-order valence-electron chi connectivity index (χ2n) is 6.54. The van der Waals surface area contributed by atoms with Gasteiger partial charge < -0.3 is 0 Å². The number of aryl methyl sites for hydroxylation is 3. The lowest BCUT2D eigenvalue weighted by Crippen LogP contribution is -2.34. The SMILES string of the molecule is Cc1cc(C)c(C(NN)C2CCCCCCC2)cc1C. The number of hydrogen-bond donors (Lipinski definition) is 2. The van der Waals surface area contributed by atoms with E-state index in [0.717, 1.165) is 0 Å². The van der Waals surface area contributed by atoms with Crippen LogP contribution in [0, 0.1) is 26.7 Å². The third-order valence-electron chi connectivity index (χ3n) is 5.02. The molecule has 1 aromatic rings. The number of rotatable bonds is 3. The summed E-state index contributed by atoms with van der Waals surface area (Å²) >= 11 is 0. The molecule has 3 N–H and O–H groups in total. The summed E-state index contributed by atoms with van der Waals surface area (Å²) in [5.41, 5.74) is 8.65. The fraction of sp³-hybridized carbons (Fsp3) is 0.667. The Bertz CT molecular complexity index is 431. The second kappa shape index (κ2) is 7.24. The molecule has 1 saturated carbocycles. The first-order chi connectivity index (χ1) is 9.63. The zero-order valence-corrected chi connectivity index (χ0v) is 13.3. The molecule has 0 aromatic heterocycles. The molecule has 0 aliphatic heterocycles. The molecule has 20 heavy (non-hydrogen) atoms. The van der Waals surface area contributed by atoms with Gasteiger partial charge in [0.1, 0.15) is 0 Å². The van der Waals surface area contributed by atoms with E-state index in [-0.39, 0.29) is 0 Å². The van der Waals surface area contributed by atoms with Crippen LogP contribution in [0.1, 0.15) is 73.2 Å². The molecule has 1 aliphatic rings. The van der Waals surface area contributed by atoms with E-state index in [2.05, 4.69) is 38.3 Å². The van der Waals surface area contributed by atoms with E-state index in [0.29, 0.717) is 12.0 Å². The maximum atomic E-state index is 5.93. The van der Waals surface area contributed by atoms with Crippen molar-refractivity contribution in [2.45, 2.75) is 71.8 Å². The maximum Gasteiger partial charge on any atom is 0.0490 e. The van der Waals surface area contributed by atoms with Gasteiger partial charge in [-0.1, -0.05) is 44.2 Å². The summed E-state index contributed by atoms with van der Waals surface area (Å²) in [5, 5.41) is 0. The molecule has 1 aliphatic carbocycles. The lowest BCUT2D eigenvalue weighted by atomic mass is 9.81. The number of hydrogen-bond acceptors (Lipinski definition) is 2. The Hall–Kier alpha value is -0.860. The molecule has 0 amide bonds. The zero-order chi connectivity index (χ0) is 14.5. The van der Waals surface area contributed by atoms with E-state index >= 15 is 0 Å². The summed E-state index contributed by atoms with van der Waals surface area (Å²) in [4.78, 5) is 0. The average molecular weight is 274 g/mol. The summed E-state index contributed by atoms with van der Waals surface area (Å²) in [5.74, 6) is 6.61. The normalized spacial score (nSPS) is 19.4. The standard InChI is InChI=1S/C18H30N2/c1-13-11-15(3)17(12-14(13)2)18(20-19)16-9-7-5-4-6-8-10-16/h11-12,16,18,20H,4-10,19H2,1-3H3. The molecule has 1 aromatic carbocycles. The summed E-state index contributed by atoms with van der Waals surface area (Å²) in [6, 6.07) is 4.96. The van der Waals surface area contributed by atoms with Crippen LogP contribution < -0.4 is 11.3 Å². The molecule has 0 radical (unpaired) electrons. The van der Waals surface area contributed by atoms with Crippen LogP contribution in [-0.2, 0) is 0 Å². The largest absolute Gasteiger partial charge is 0.271 e. The molecule has 2 rings (SSSR count). The van der Waals surface area contributed by atoms with Crippen LogP contribution in [0.5, 0.6) is 0 Å². The highest BCUT2D eigenvalue weighted by atomic mass is 15.2. The topological polar surface area (TPSA) is 38.0 Å². The summed E-state index contributed by atoms with van der Waals surface area (Å²) in [7, 11) is 0. The smallest absolute Gasteiger partial charge is 0.0490 e. The van der Waals surface area contributed by atoms with Gasteiger partial charge in [0.2, 0.25) is 0 Å². The van der Waals surface area contributed by atoms with Crippen molar-refractivity contribution >= 4 is 0 Å². The number of nitrogens with two attached hydrogens (primary N) is 1. The van der Waals surface area contributed by atoms with Gasteiger partial charge in [-0.25, -0.2) is 0 Å². The Morgan fingerprint density at radius 1 is 0.900 bits per heavy atom. The van der Waals surface area contributed by atoms with Crippen LogP contribution in [0.4, 0.5) is 0 Å². The van der Waals surface area contributed by atoms with Crippen molar-refractivity contribution in [2.75, 3.05) is 0 Å². The van der Waals surface area contributed by atoms with Gasteiger partial charge in [-0.3, -0.25) is 11.3 Å². The van der Waals surface area contributed by atoms with Gasteiger partial charge in [0, 0.05) is 6.04 Å². The van der Waals surface area contributed by atoms with Gasteiger partial charge in [-0.05, 0) is 61.8 Å². The molecule has 0 heterocycles. The van der Waals surface area contributed by atoms with Gasteiger partial charge in [0.05, 0.1) is 0 Å². The molecule has 1 atom stereocenters. The van der Waals surface area contributed by atoms with Crippen LogP contribution in [0.2, 0.25) is 0 Å². The van der Waals surface area contributed by atoms with E-state index in [1.807, 2.05) is 0 Å². The van der Waals surface area contributed by atoms with E-state index in [1.54, 1.807) is 0 Å². The predicted molar refractivity (Wildman–Crippen MR) is 86.5 cm³/mol. The third-order valence-corrected chi connectivity index (χ3v) is 5.02. The molecular formula is C18H30N2. The minimum absolute atomic E-state index is 0.312. The first kappa shape index (κ1) is 15.5. The van der Waals surface area contributed by atoms with Gasteiger partial charge >= 0.3 is 0 Å². The number of hydrazine groups is 1. The highest BCUT2D eigenvalue weighted by Crippen LogP contribution is 2.34. The van der Waals surface area contributed by atoms with Crippen molar-refractivity contribution in [1.29, 1.82) is 0 Å². The molecule has 1 unspecified atom stereocenters. The van der Waals surface area contributed by atoms with Crippen LogP contribution >= 0.6 is 0 Å². The van der Waals surface area contributed by atoms with Crippen LogP contribution in [0.25, 0.3) is 0 Å². The molecule has 2 nitrogen and oxygen atoms in total. The monoisotopic (exact) mass is 274 g/mol. The summed E-state index contributed by atoms with van der Waals surface area (Å²) < 4.78 is 0. The van der Waals surface area contributed by atoms with Crippen molar-refractivity contribution in [2.24, 2.45) is 11.8 Å².